The van der Waals surface area contributed by atoms with E-state index in [2.05, 4.69) is 0 Å². The lowest BCUT2D eigenvalue weighted by Crippen LogP contribution is -2.52. The molecule has 0 bridgehead atoms. The highest BCUT2D eigenvalue weighted by atomic mass is 32.2. The molecule has 2 aliphatic rings. The molecule has 0 aromatic heterocycles. The molecule has 0 spiro atoms. The second kappa shape index (κ2) is 7.43. The van der Waals surface area contributed by atoms with Crippen LogP contribution >= 0.6 is 0 Å². The molecule has 25 heavy (non-hydrogen) atoms. The van der Waals surface area contributed by atoms with Crippen LogP contribution in [0.25, 0.3) is 0 Å². The Labute approximate surface area is 150 Å². The summed E-state index contributed by atoms with van der Waals surface area (Å²) in [5.74, 6) is 0.291. The average molecular weight is 365 g/mol. The van der Waals surface area contributed by atoms with Crippen LogP contribution in [0.1, 0.15) is 30.9 Å². The first-order chi connectivity index (χ1) is 11.9. The monoisotopic (exact) mass is 365 g/mol. The van der Waals surface area contributed by atoms with Crippen LogP contribution in [0.3, 0.4) is 0 Å². The summed E-state index contributed by atoms with van der Waals surface area (Å²) in [6, 6.07) is 9.34. The lowest BCUT2D eigenvalue weighted by molar-refractivity contribution is -0.138. The van der Waals surface area contributed by atoms with Crippen LogP contribution in [0.2, 0.25) is 0 Å². The first-order valence-corrected chi connectivity index (χ1v) is 10.5. The van der Waals surface area contributed by atoms with Crippen LogP contribution in [0.15, 0.2) is 30.3 Å². The van der Waals surface area contributed by atoms with Crippen LogP contribution in [0.4, 0.5) is 0 Å². The Bertz CT molecular complexity index is 706. The van der Waals surface area contributed by atoms with Gasteiger partial charge in [-0.25, -0.2) is 8.42 Å². The van der Waals surface area contributed by atoms with E-state index in [1.54, 1.807) is 4.31 Å². The van der Waals surface area contributed by atoms with Crippen molar-refractivity contribution in [3.05, 3.63) is 35.9 Å². The molecule has 3 rings (SSSR count). The fourth-order valence-electron chi connectivity index (χ4n) is 3.93. The summed E-state index contributed by atoms with van der Waals surface area (Å²) in [4.78, 5) is 16.9. The van der Waals surface area contributed by atoms with Crippen molar-refractivity contribution in [3.8, 4) is 0 Å². The van der Waals surface area contributed by atoms with Gasteiger partial charge in [0.05, 0.1) is 5.75 Å². The minimum absolute atomic E-state index is 0.0532. The number of likely N-dealkylation sites (tertiary alicyclic amines) is 1. The van der Waals surface area contributed by atoms with E-state index in [0.717, 1.165) is 18.4 Å². The number of benzene rings is 1. The number of amides is 1. The van der Waals surface area contributed by atoms with Gasteiger partial charge in [0, 0.05) is 25.7 Å². The summed E-state index contributed by atoms with van der Waals surface area (Å²) in [7, 11) is 0.670. The molecule has 1 amide bonds. The topological polar surface area (TPSA) is 60.9 Å². The first-order valence-electron chi connectivity index (χ1n) is 8.90. The predicted octanol–water partition coefficient (Wildman–Crippen LogP) is 1.32. The van der Waals surface area contributed by atoms with E-state index < -0.39 is 10.0 Å². The van der Waals surface area contributed by atoms with E-state index in [9.17, 15) is 13.2 Å². The minimum atomic E-state index is -3.14. The zero-order chi connectivity index (χ0) is 18.0. The number of rotatable bonds is 4. The minimum Gasteiger partial charge on any atom is -0.339 e. The molecule has 2 heterocycles. The van der Waals surface area contributed by atoms with Gasteiger partial charge < -0.3 is 4.90 Å². The molecule has 2 saturated heterocycles. The highest BCUT2D eigenvalue weighted by Crippen LogP contribution is 2.27. The third kappa shape index (κ3) is 3.88. The Balaban J connectivity index is 1.77. The van der Waals surface area contributed by atoms with Crippen LogP contribution in [-0.4, -0.2) is 74.0 Å². The van der Waals surface area contributed by atoms with Crippen molar-refractivity contribution < 1.29 is 13.2 Å². The van der Waals surface area contributed by atoms with Gasteiger partial charge >= 0.3 is 0 Å². The molecule has 1 aromatic rings. The highest BCUT2D eigenvalue weighted by Gasteiger charge is 2.39. The quantitative estimate of drug-likeness (QED) is 0.807. The van der Waals surface area contributed by atoms with Gasteiger partial charge in [-0.1, -0.05) is 30.3 Å². The Morgan fingerprint density at radius 2 is 1.88 bits per heavy atom. The number of hydrogen-bond acceptors (Lipinski definition) is 4. The molecule has 138 valence electrons. The molecule has 0 saturated carbocycles. The Kier molecular flexibility index (Phi) is 5.46. The van der Waals surface area contributed by atoms with Gasteiger partial charge in [-0.15, -0.1) is 0 Å². The zero-order valence-corrected chi connectivity index (χ0v) is 15.8. The van der Waals surface area contributed by atoms with Crippen molar-refractivity contribution in [1.29, 1.82) is 0 Å². The predicted molar refractivity (Wildman–Crippen MR) is 97.6 cm³/mol. The number of piperidine rings is 1. The summed E-state index contributed by atoms with van der Waals surface area (Å²) in [5, 5.41) is 0. The van der Waals surface area contributed by atoms with Gasteiger partial charge in [-0.2, -0.15) is 4.31 Å². The Morgan fingerprint density at radius 1 is 1.16 bits per heavy atom. The van der Waals surface area contributed by atoms with Crippen LogP contribution in [-0.2, 0) is 14.8 Å². The normalized spacial score (nSPS) is 25.2. The van der Waals surface area contributed by atoms with Crippen molar-refractivity contribution in [2.24, 2.45) is 0 Å². The lowest BCUT2D eigenvalue weighted by atomic mass is 10.0. The van der Waals surface area contributed by atoms with E-state index in [-0.39, 0.29) is 23.7 Å². The Morgan fingerprint density at radius 3 is 2.48 bits per heavy atom. The molecule has 0 N–H and O–H groups in total. The first kappa shape index (κ1) is 18.4. The van der Waals surface area contributed by atoms with E-state index >= 15 is 0 Å². The highest BCUT2D eigenvalue weighted by molar-refractivity contribution is 7.89. The summed E-state index contributed by atoms with van der Waals surface area (Å²) in [6.45, 7) is 1.78. The lowest BCUT2D eigenvalue weighted by Gasteiger charge is -2.39. The average Bonchev–Trinajstić information content (AvgIpc) is 2.95. The standard InChI is InChI=1S/C18H27N3O3S/c1-19(2)17(15-8-4-3-5-9-15)18(22)20-11-6-10-16(14-20)21-12-7-13-25(21,23)24/h3-5,8-9,16-17H,6-7,10-14H2,1-2H3. The molecule has 2 unspecified atom stereocenters. The third-order valence-corrected chi connectivity index (χ3v) is 7.12. The van der Waals surface area contributed by atoms with E-state index in [4.69, 9.17) is 0 Å². The molecule has 2 atom stereocenters. The number of carbonyl (C=O) groups excluding carboxylic acids is 1. The third-order valence-electron chi connectivity index (χ3n) is 5.12. The van der Waals surface area contributed by atoms with Crippen molar-refractivity contribution in [1.82, 2.24) is 14.1 Å². The molecule has 0 radical (unpaired) electrons. The van der Waals surface area contributed by atoms with Crippen LogP contribution in [0, 0.1) is 0 Å². The SMILES string of the molecule is CN(C)C(C(=O)N1CCCC(N2CCCS2(=O)=O)C1)c1ccccc1. The van der Waals surface area contributed by atoms with Gasteiger partial charge in [0.2, 0.25) is 15.9 Å². The number of nitrogens with zero attached hydrogens (tertiary/aromatic N) is 3. The molecule has 7 heteroatoms. The van der Waals surface area contributed by atoms with Crippen molar-refractivity contribution in [2.75, 3.05) is 39.5 Å². The maximum Gasteiger partial charge on any atom is 0.244 e. The number of hydrogen-bond donors (Lipinski definition) is 0. The molecular weight excluding hydrogens is 338 g/mol. The Hall–Kier alpha value is -1.44. The zero-order valence-electron chi connectivity index (χ0n) is 15.0. The van der Waals surface area contributed by atoms with Crippen LogP contribution < -0.4 is 0 Å². The molecular formula is C18H27N3O3S. The van der Waals surface area contributed by atoms with Gasteiger partial charge in [-0.05, 0) is 38.9 Å². The van der Waals surface area contributed by atoms with Gasteiger partial charge in [-0.3, -0.25) is 9.69 Å². The van der Waals surface area contributed by atoms with Crippen molar-refractivity contribution in [3.63, 3.8) is 0 Å². The number of carbonyl (C=O) groups is 1. The summed E-state index contributed by atoms with van der Waals surface area (Å²) < 4.78 is 26.1. The smallest absolute Gasteiger partial charge is 0.244 e. The maximum atomic E-state index is 13.2. The van der Waals surface area contributed by atoms with Crippen molar-refractivity contribution in [2.45, 2.75) is 31.3 Å². The molecule has 1 aromatic carbocycles. The summed E-state index contributed by atoms with van der Waals surface area (Å²) >= 11 is 0. The van der Waals surface area contributed by atoms with E-state index in [1.165, 1.54) is 0 Å². The maximum absolute atomic E-state index is 13.2. The molecule has 2 fully saturated rings. The molecule has 0 aliphatic carbocycles. The van der Waals surface area contributed by atoms with E-state index in [1.807, 2.05) is 54.2 Å². The molecule has 6 nitrogen and oxygen atoms in total. The van der Waals surface area contributed by atoms with Crippen molar-refractivity contribution >= 4 is 15.9 Å². The summed E-state index contributed by atoms with van der Waals surface area (Å²) in [5.41, 5.74) is 0.966. The fraction of sp³-hybridized carbons (Fsp3) is 0.611. The van der Waals surface area contributed by atoms with E-state index in [0.29, 0.717) is 26.1 Å². The second-order valence-electron chi connectivity index (χ2n) is 7.14. The van der Waals surface area contributed by atoms with Gasteiger partial charge in [0.25, 0.3) is 0 Å². The van der Waals surface area contributed by atoms with Gasteiger partial charge in [0.15, 0.2) is 0 Å². The molecule has 2 aliphatic heterocycles. The fourth-order valence-corrected chi connectivity index (χ4v) is 5.69. The van der Waals surface area contributed by atoms with Crippen LogP contribution in [0.5, 0.6) is 0 Å². The number of sulfonamides is 1. The summed E-state index contributed by atoms with van der Waals surface area (Å²) in [6.07, 6.45) is 2.37. The largest absolute Gasteiger partial charge is 0.339 e. The van der Waals surface area contributed by atoms with Gasteiger partial charge in [0.1, 0.15) is 6.04 Å². The second-order valence-corrected chi connectivity index (χ2v) is 9.18. The number of likely N-dealkylation sites (N-methyl/N-ethyl adjacent to an activating group) is 1.